The number of fused-ring (bicyclic) bond motifs is 1. The van der Waals surface area contributed by atoms with Crippen molar-refractivity contribution in [3.05, 3.63) is 90.0 Å². The minimum atomic E-state index is -1.32. The number of rotatable bonds is 17. The number of ether oxygens (including phenoxy) is 2. The first kappa shape index (κ1) is 37.7. The highest BCUT2D eigenvalue weighted by Gasteiger charge is 2.77. The number of para-hydroxylation sites is 1. The molecule has 3 aliphatic heterocycles. The van der Waals surface area contributed by atoms with E-state index < -0.39 is 41.7 Å². The smallest absolute Gasteiger partial charge is 0.313 e. The van der Waals surface area contributed by atoms with Gasteiger partial charge in [0.15, 0.2) is 0 Å². The molecular formula is C38H45BrClN3O7. The summed E-state index contributed by atoms with van der Waals surface area (Å²) < 4.78 is 12.9. The number of unbranched alkanes of at least 4 members (excludes halogenated alkanes) is 2. The molecule has 3 fully saturated rings. The van der Waals surface area contributed by atoms with Crippen molar-refractivity contribution in [3.63, 3.8) is 0 Å². The fraction of sp³-hybridized carbons (Fsp3) is 0.474. The van der Waals surface area contributed by atoms with Crippen LogP contribution in [0.2, 0.25) is 5.02 Å². The van der Waals surface area contributed by atoms with Crippen LogP contribution in [0.25, 0.3) is 0 Å². The van der Waals surface area contributed by atoms with Crippen LogP contribution < -0.4 is 10.2 Å². The molecule has 2 aromatic carbocycles. The van der Waals surface area contributed by atoms with E-state index in [2.05, 4.69) is 34.4 Å². The molecule has 5 rings (SSSR count). The van der Waals surface area contributed by atoms with Gasteiger partial charge in [0.2, 0.25) is 11.8 Å². The number of carbonyl (C=O) groups excluding carboxylic acids is 4. The number of hydrogen-bond acceptors (Lipinski definition) is 7. The number of likely N-dealkylation sites (tertiary alicyclic amines) is 1. The Kier molecular flexibility index (Phi) is 12.6. The molecule has 10 nitrogen and oxygen atoms in total. The summed E-state index contributed by atoms with van der Waals surface area (Å²) in [5.74, 6) is -3.54. The Hall–Kier alpha value is -3.51. The van der Waals surface area contributed by atoms with Crippen LogP contribution >= 0.6 is 27.5 Å². The molecule has 3 aliphatic rings. The largest absolute Gasteiger partial charge is 0.455 e. The number of hydrogen-bond donors (Lipinski definition) is 2. The van der Waals surface area contributed by atoms with E-state index in [1.54, 1.807) is 28.0 Å². The lowest BCUT2D eigenvalue weighted by Gasteiger charge is -2.37. The summed E-state index contributed by atoms with van der Waals surface area (Å²) in [6, 6.07) is 13.4. The summed E-state index contributed by atoms with van der Waals surface area (Å²) in [4.78, 5) is 59.1. The van der Waals surface area contributed by atoms with Gasteiger partial charge in [-0.1, -0.05) is 82.1 Å². The SMILES string of the molecule is C=CCCC(=O)NC[C@@H](OC(=O)[C@@H]1[C@H]2O[C@@]3(CC2Br)[C@H](C(=O)N(CC=C)c2c(C)cccc2Cl)N(CCCCCO)C(=O)[C@@H]13)c1ccccc1. The Morgan fingerprint density at radius 1 is 1.16 bits per heavy atom. The molecule has 7 atom stereocenters. The molecule has 50 heavy (non-hydrogen) atoms. The Labute approximate surface area is 306 Å². The molecule has 1 spiro atoms. The molecule has 0 radical (unpaired) electrons. The van der Waals surface area contributed by atoms with Crippen LogP contribution in [0.15, 0.2) is 73.8 Å². The molecule has 3 heterocycles. The van der Waals surface area contributed by atoms with Gasteiger partial charge in [-0.05, 0) is 56.2 Å². The predicted octanol–water partition coefficient (Wildman–Crippen LogP) is 5.44. The third kappa shape index (κ3) is 7.42. The fourth-order valence-corrected chi connectivity index (χ4v) is 8.93. The lowest BCUT2D eigenvalue weighted by atomic mass is 9.70. The van der Waals surface area contributed by atoms with Gasteiger partial charge in [0.05, 0.1) is 35.2 Å². The number of benzene rings is 2. The lowest BCUT2D eigenvalue weighted by Crippen LogP contribution is -2.57. The third-order valence-corrected chi connectivity index (χ3v) is 11.0. The van der Waals surface area contributed by atoms with Gasteiger partial charge in [-0.3, -0.25) is 19.2 Å². The second-order valence-electron chi connectivity index (χ2n) is 13.1. The van der Waals surface area contributed by atoms with Crippen molar-refractivity contribution in [2.24, 2.45) is 11.8 Å². The quantitative estimate of drug-likeness (QED) is 0.0950. The first-order chi connectivity index (χ1) is 24.1. The maximum Gasteiger partial charge on any atom is 0.313 e. The van der Waals surface area contributed by atoms with Crippen molar-refractivity contribution < 1.29 is 33.8 Å². The number of halogens is 2. The van der Waals surface area contributed by atoms with E-state index >= 15 is 0 Å². The average molecular weight is 771 g/mol. The average Bonchev–Trinajstić information content (AvgIpc) is 3.70. The minimum absolute atomic E-state index is 0.0169. The number of amides is 3. The van der Waals surface area contributed by atoms with Gasteiger partial charge in [0.1, 0.15) is 17.7 Å². The van der Waals surface area contributed by atoms with Crippen LogP contribution in [0.1, 0.15) is 55.8 Å². The predicted molar refractivity (Wildman–Crippen MR) is 195 cm³/mol. The lowest BCUT2D eigenvalue weighted by molar-refractivity contribution is -0.160. The fourth-order valence-electron chi connectivity index (χ4n) is 7.66. The normalized spacial score (nSPS) is 25.6. The molecule has 2 aromatic rings. The van der Waals surface area contributed by atoms with Gasteiger partial charge >= 0.3 is 5.97 Å². The number of alkyl halides is 1. The Morgan fingerprint density at radius 2 is 1.92 bits per heavy atom. The number of aliphatic hydroxyl groups is 1. The van der Waals surface area contributed by atoms with E-state index in [1.165, 1.54) is 0 Å². The van der Waals surface area contributed by atoms with Crippen molar-refractivity contribution in [1.82, 2.24) is 10.2 Å². The monoisotopic (exact) mass is 769 g/mol. The van der Waals surface area contributed by atoms with Crippen LogP contribution in [-0.4, -0.2) is 82.5 Å². The highest BCUT2D eigenvalue weighted by Crippen LogP contribution is 2.60. The molecule has 2 N–H and O–H groups in total. The zero-order chi connectivity index (χ0) is 36.0. The van der Waals surface area contributed by atoms with Crippen molar-refractivity contribution in [2.45, 2.75) is 74.1 Å². The molecule has 1 unspecified atom stereocenters. The molecule has 0 aliphatic carbocycles. The summed E-state index contributed by atoms with van der Waals surface area (Å²) >= 11 is 10.4. The molecule has 3 saturated heterocycles. The number of allylic oxidation sites excluding steroid dienone is 1. The summed E-state index contributed by atoms with van der Waals surface area (Å²) in [6.45, 7) is 9.84. The molecule has 2 bridgehead atoms. The van der Waals surface area contributed by atoms with Gasteiger partial charge in [-0.2, -0.15) is 0 Å². The summed E-state index contributed by atoms with van der Waals surface area (Å²) in [5, 5.41) is 12.6. The second kappa shape index (κ2) is 16.7. The molecule has 12 heteroatoms. The van der Waals surface area contributed by atoms with Crippen LogP contribution in [0.3, 0.4) is 0 Å². The number of carbonyl (C=O) groups is 4. The van der Waals surface area contributed by atoms with Crippen molar-refractivity contribution in [3.8, 4) is 0 Å². The Morgan fingerprint density at radius 3 is 2.60 bits per heavy atom. The highest BCUT2D eigenvalue weighted by molar-refractivity contribution is 9.09. The van der Waals surface area contributed by atoms with E-state index in [0.29, 0.717) is 48.4 Å². The number of aryl methyl sites for hydroxylation is 1. The zero-order valence-electron chi connectivity index (χ0n) is 28.3. The van der Waals surface area contributed by atoms with E-state index in [1.807, 2.05) is 49.4 Å². The number of anilines is 1. The van der Waals surface area contributed by atoms with Crippen LogP contribution in [0.5, 0.6) is 0 Å². The maximum atomic E-state index is 14.9. The first-order valence-electron chi connectivity index (χ1n) is 17.1. The van der Waals surface area contributed by atoms with Crippen LogP contribution in [-0.2, 0) is 28.7 Å². The van der Waals surface area contributed by atoms with Gasteiger partial charge in [0.25, 0.3) is 5.91 Å². The second-order valence-corrected chi connectivity index (χ2v) is 14.7. The van der Waals surface area contributed by atoms with Gasteiger partial charge < -0.3 is 29.7 Å². The van der Waals surface area contributed by atoms with E-state index in [-0.39, 0.29) is 55.2 Å². The van der Waals surface area contributed by atoms with E-state index in [4.69, 9.17) is 21.1 Å². The number of nitrogens with zero attached hydrogens (tertiary/aromatic N) is 2. The highest BCUT2D eigenvalue weighted by atomic mass is 79.9. The van der Waals surface area contributed by atoms with Gasteiger partial charge in [-0.25, -0.2) is 0 Å². The molecular weight excluding hydrogens is 726 g/mol. The third-order valence-electron chi connectivity index (χ3n) is 9.88. The summed E-state index contributed by atoms with van der Waals surface area (Å²) in [6.07, 6.45) is 4.56. The van der Waals surface area contributed by atoms with Gasteiger partial charge in [-0.15, -0.1) is 13.2 Å². The zero-order valence-corrected chi connectivity index (χ0v) is 30.6. The van der Waals surface area contributed by atoms with Crippen molar-refractivity contribution >= 4 is 56.9 Å². The molecule has 268 valence electrons. The number of nitrogens with one attached hydrogen (secondary N) is 1. The maximum absolute atomic E-state index is 14.9. The number of aliphatic hydroxyl groups excluding tert-OH is 1. The molecule has 0 aromatic heterocycles. The molecule has 3 amide bonds. The molecule has 0 saturated carbocycles. The minimum Gasteiger partial charge on any atom is -0.455 e. The first-order valence-corrected chi connectivity index (χ1v) is 18.4. The summed E-state index contributed by atoms with van der Waals surface area (Å²) in [5.41, 5.74) is 0.668. The van der Waals surface area contributed by atoms with E-state index in [9.17, 15) is 24.3 Å². The van der Waals surface area contributed by atoms with Crippen LogP contribution in [0, 0.1) is 18.8 Å². The number of esters is 1. The standard InChI is InChI=1S/C38H45BrClN3O7/c1-4-6-18-29(45)41-23-28(25-15-9-7-10-16-25)49-37(48)30-31-35(46)43(20-11-8-12-21-44)34(38(31)22-26(39)33(30)50-38)36(47)42(19-5-2)32-24(3)14-13-17-27(32)40/h4-5,7,9-10,13-17,26,28,30-31,33-34,44H,1-2,6,8,11-12,18-23H2,3H3,(H,41,45)/t26?,28-,30+,31-,33+,34+,38-/m1/s1. The Balaban J connectivity index is 1.50. The van der Waals surface area contributed by atoms with E-state index in [0.717, 1.165) is 5.56 Å². The summed E-state index contributed by atoms with van der Waals surface area (Å²) in [7, 11) is 0. The van der Waals surface area contributed by atoms with Crippen molar-refractivity contribution in [2.75, 3.05) is 31.1 Å². The van der Waals surface area contributed by atoms with Crippen molar-refractivity contribution in [1.29, 1.82) is 0 Å². The topological polar surface area (TPSA) is 125 Å². The van der Waals surface area contributed by atoms with Crippen LogP contribution in [0.4, 0.5) is 5.69 Å². The van der Waals surface area contributed by atoms with Gasteiger partial charge in [0, 0.05) is 30.9 Å². The Bertz CT molecular complexity index is 1570.